The van der Waals surface area contributed by atoms with Gasteiger partial charge in [0.15, 0.2) is 5.78 Å². The van der Waals surface area contributed by atoms with Gasteiger partial charge in [0.2, 0.25) is 0 Å². The van der Waals surface area contributed by atoms with Crippen molar-refractivity contribution in [1.82, 2.24) is 0 Å². The van der Waals surface area contributed by atoms with Crippen LogP contribution < -0.4 is 0 Å². The van der Waals surface area contributed by atoms with Gasteiger partial charge in [0.25, 0.3) is 0 Å². The Balaban J connectivity index is 2.58. The topological polar surface area (TPSA) is 57.5 Å². The number of fused-ring (bicyclic) bond motifs is 1. The molecule has 0 fully saturated rings. The minimum atomic E-state index is -0.235. The Hall–Kier alpha value is -1.35. The molecule has 0 aliphatic heterocycles. The van der Waals surface area contributed by atoms with Crippen LogP contribution in [0.4, 0.5) is 0 Å². The van der Waals surface area contributed by atoms with Gasteiger partial charge in [0.05, 0.1) is 6.61 Å². The molecule has 80 valence electrons. The normalized spacial score (nSPS) is 20.1. The number of hydrogen-bond acceptors (Lipinski definition) is 3. The molecule has 3 heteroatoms. The Morgan fingerprint density at radius 1 is 1.47 bits per heavy atom. The minimum absolute atomic E-state index is 0.0813. The maximum Gasteiger partial charge on any atom is 0.163 e. The van der Waals surface area contributed by atoms with E-state index in [4.69, 9.17) is 5.11 Å². The summed E-state index contributed by atoms with van der Waals surface area (Å²) in [5, 5.41) is 18.6. The molecule has 2 rings (SSSR count). The second kappa shape index (κ2) is 3.66. The number of aliphatic hydroxyl groups is 1. The van der Waals surface area contributed by atoms with Gasteiger partial charge in [-0.15, -0.1) is 0 Å². The van der Waals surface area contributed by atoms with Crippen molar-refractivity contribution >= 4 is 5.78 Å². The van der Waals surface area contributed by atoms with Gasteiger partial charge in [-0.05, 0) is 30.0 Å². The fourth-order valence-electron chi connectivity index (χ4n) is 2.06. The molecule has 15 heavy (non-hydrogen) atoms. The molecule has 1 aromatic rings. The van der Waals surface area contributed by atoms with E-state index in [1.54, 1.807) is 12.1 Å². The summed E-state index contributed by atoms with van der Waals surface area (Å²) >= 11 is 0. The quantitative estimate of drug-likeness (QED) is 0.738. The molecule has 1 aliphatic carbocycles. The predicted octanol–water partition coefficient (Wildman–Crippen LogP) is 1.96. The lowest BCUT2D eigenvalue weighted by Gasteiger charge is -2.22. The third-order valence-electron chi connectivity index (χ3n) is 3.06. The number of ketones is 1. The van der Waals surface area contributed by atoms with Crippen molar-refractivity contribution in [2.24, 2.45) is 0 Å². The smallest absolute Gasteiger partial charge is 0.163 e. The molecular formula is C12H14O3. The van der Waals surface area contributed by atoms with Crippen molar-refractivity contribution in [1.29, 1.82) is 0 Å². The Kier molecular flexibility index (Phi) is 2.49. The van der Waals surface area contributed by atoms with Crippen LogP contribution >= 0.6 is 0 Å². The molecule has 0 spiro atoms. The number of aliphatic hydroxyl groups excluding tert-OH is 1. The first-order valence-corrected chi connectivity index (χ1v) is 5.13. The van der Waals surface area contributed by atoms with Crippen LogP contribution in [0.5, 0.6) is 5.75 Å². The molecule has 0 heterocycles. The zero-order valence-corrected chi connectivity index (χ0v) is 8.66. The summed E-state index contributed by atoms with van der Waals surface area (Å²) in [5.41, 5.74) is 1.99. The van der Waals surface area contributed by atoms with Gasteiger partial charge in [-0.1, -0.05) is 6.92 Å². The van der Waals surface area contributed by atoms with E-state index in [-0.39, 0.29) is 18.1 Å². The zero-order chi connectivity index (χ0) is 11.0. The summed E-state index contributed by atoms with van der Waals surface area (Å²) < 4.78 is 0. The second-order valence-corrected chi connectivity index (χ2v) is 4.09. The fourth-order valence-corrected chi connectivity index (χ4v) is 2.06. The summed E-state index contributed by atoms with van der Waals surface area (Å²) in [4.78, 5) is 11.6. The number of rotatable bonds is 1. The van der Waals surface area contributed by atoms with Crippen LogP contribution in [0.2, 0.25) is 0 Å². The number of phenols is 1. The van der Waals surface area contributed by atoms with Crippen LogP contribution in [0.25, 0.3) is 0 Å². The summed E-state index contributed by atoms with van der Waals surface area (Å²) in [6, 6.07) is 3.23. The molecular weight excluding hydrogens is 192 g/mol. The maximum atomic E-state index is 11.6. The van der Waals surface area contributed by atoms with Crippen LogP contribution in [0, 0.1) is 0 Å². The van der Waals surface area contributed by atoms with E-state index in [0.29, 0.717) is 23.5 Å². The van der Waals surface area contributed by atoms with Gasteiger partial charge in [0, 0.05) is 17.5 Å². The molecule has 0 saturated heterocycles. The highest BCUT2D eigenvalue weighted by Gasteiger charge is 2.24. The number of Topliss-reactive ketones (excluding diaryl/α,β-unsaturated/α-hetero) is 1. The van der Waals surface area contributed by atoms with Crippen molar-refractivity contribution in [3.05, 3.63) is 28.8 Å². The molecule has 3 nitrogen and oxygen atoms in total. The number of hydrogen-bond donors (Lipinski definition) is 2. The Bertz CT molecular complexity index is 410. The molecule has 1 atom stereocenters. The van der Waals surface area contributed by atoms with Gasteiger partial charge in [-0.2, -0.15) is 0 Å². The lowest BCUT2D eigenvalue weighted by Crippen LogP contribution is -2.14. The summed E-state index contributed by atoms with van der Waals surface area (Å²) in [5.74, 6) is 0.493. The maximum absolute atomic E-state index is 11.6. The monoisotopic (exact) mass is 206 g/mol. The molecule has 0 aromatic heterocycles. The molecule has 0 bridgehead atoms. The first kappa shape index (κ1) is 10.2. The molecule has 0 amide bonds. The average molecular weight is 206 g/mol. The van der Waals surface area contributed by atoms with Gasteiger partial charge in [-0.25, -0.2) is 0 Å². The molecule has 0 radical (unpaired) electrons. The Morgan fingerprint density at radius 2 is 2.20 bits per heavy atom. The largest absolute Gasteiger partial charge is 0.508 e. The SMILES string of the molecule is C[C@H]1CCC(=O)c2cc(CO)c(O)cc21. The van der Waals surface area contributed by atoms with Gasteiger partial charge in [0.1, 0.15) is 5.75 Å². The summed E-state index contributed by atoms with van der Waals surface area (Å²) in [6.07, 6.45) is 1.40. The second-order valence-electron chi connectivity index (χ2n) is 4.09. The Labute approximate surface area is 88.4 Å². The number of carbonyl (C=O) groups is 1. The molecule has 2 N–H and O–H groups in total. The van der Waals surface area contributed by atoms with Crippen LogP contribution in [-0.2, 0) is 6.61 Å². The van der Waals surface area contributed by atoms with E-state index in [1.807, 2.05) is 6.92 Å². The van der Waals surface area contributed by atoms with Gasteiger partial charge >= 0.3 is 0 Å². The first-order valence-electron chi connectivity index (χ1n) is 5.13. The average Bonchev–Trinajstić information content (AvgIpc) is 2.23. The molecule has 0 saturated carbocycles. The van der Waals surface area contributed by atoms with Crippen LogP contribution in [-0.4, -0.2) is 16.0 Å². The highest BCUT2D eigenvalue weighted by Crippen LogP contribution is 2.35. The third kappa shape index (κ3) is 1.63. The van der Waals surface area contributed by atoms with E-state index >= 15 is 0 Å². The zero-order valence-electron chi connectivity index (χ0n) is 8.66. The fraction of sp³-hybridized carbons (Fsp3) is 0.417. The van der Waals surface area contributed by atoms with Gasteiger partial charge < -0.3 is 10.2 Å². The van der Waals surface area contributed by atoms with E-state index < -0.39 is 0 Å². The van der Waals surface area contributed by atoms with Crippen LogP contribution in [0.3, 0.4) is 0 Å². The predicted molar refractivity (Wildman–Crippen MR) is 56.0 cm³/mol. The molecule has 0 unspecified atom stereocenters. The number of aromatic hydroxyl groups is 1. The standard InChI is InChI=1S/C12H14O3/c1-7-2-3-11(14)10-4-8(6-13)12(15)5-9(7)10/h4-5,7,13,15H,2-3,6H2,1H3/t7-/m0/s1. The van der Waals surface area contributed by atoms with Crippen molar-refractivity contribution in [3.8, 4) is 5.75 Å². The van der Waals surface area contributed by atoms with E-state index in [2.05, 4.69) is 0 Å². The van der Waals surface area contributed by atoms with Crippen molar-refractivity contribution < 1.29 is 15.0 Å². The van der Waals surface area contributed by atoms with Crippen molar-refractivity contribution in [2.45, 2.75) is 32.3 Å². The summed E-state index contributed by atoms with van der Waals surface area (Å²) in [7, 11) is 0. The third-order valence-corrected chi connectivity index (χ3v) is 3.06. The van der Waals surface area contributed by atoms with E-state index in [9.17, 15) is 9.90 Å². The van der Waals surface area contributed by atoms with Crippen LogP contribution in [0.15, 0.2) is 12.1 Å². The lowest BCUT2D eigenvalue weighted by molar-refractivity contribution is 0.0967. The highest BCUT2D eigenvalue weighted by atomic mass is 16.3. The minimum Gasteiger partial charge on any atom is -0.508 e. The highest BCUT2D eigenvalue weighted by molar-refractivity contribution is 5.99. The summed E-state index contributed by atoms with van der Waals surface area (Å²) in [6.45, 7) is 1.81. The van der Waals surface area contributed by atoms with E-state index in [0.717, 1.165) is 12.0 Å². The molecule has 1 aromatic carbocycles. The number of benzene rings is 1. The van der Waals surface area contributed by atoms with E-state index in [1.165, 1.54) is 0 Å². The number of carbonyl (C=O) groups excluding carboxylic acids is 1. The van der Waals surface area contributed by atoms with Gasteiger partial charge in [-0.3, -0.25) is 4.79 Å². The van der Waals surface area contributed by atoms with Crippen molar-refractivity contribution in [2.75, 3.05) is 0 Å². The Morgan fingerprint density at radius 3 is 2.87 bits per heavy atom. The lowest BCUT2D eigenvalue weighted by atomic mass is 9.82. The molecule has 1 aliphatic rings. The van der Waals surface area contributed by atoms with Crippen LogP contribution in [0.1, 0.15) is 47.2 Å². The van der Waals surface area contributed by atoms with Crippen molar-refractivity contribution in [3.63, 3.8) is 0 Å². The first-order chi connectivity index (χ1) is 7.13.